The highest BCUT2D eigenvalue weighted by molar-refractivity contribution is 5.82. The molecule has 0 amide bonds. The molecule has 0 fully saturated rings. The largest absolute Gasteiger partial charge is 0.497 e. The summed E-state index contributed by atoms with van der Waals surface area (Å²) in [7, 11) is 1.61. The second kappa shape index (κ2) is 8.34. The second-order valence-electron chi connectivity index (χ2n) is 5.97. The minimum atomic E-state index is -0.243. The average molecular weight is 350 g/mol. The number of aliphatic imine (C=N–C) groups is 1. The molecule has 1 heterocycles. The molecule has 0 saturated carbocycles. The Morgan fingerprint density at radius 2 is 1.85 bits per heavy atom. The van der Waals surface area contributed by atoms with Gasteiger partial charge in [0.15, 0.2) is 5.69 Å². The average Bonchev–Trinajstić information content (AvgIpc) is 3.06. The van der Waals surface area contributed by atoms with Crippen molar-refractivity contribution in [3.05, 3.63) is 59.8 Å². The van der Waals surface area contributed by atoms with Gasteiger partial charge in [-0.2, -0.15) is 0 Å². The summed E-state index contributed by atoms with van der Waals surface area (Å²) >= 11 is 0. The van der Waals surface area contributed by atoms with Crippen molar-refractivity contribution in [2.75, 3.05) is 7.11 Å². The van der Waals surface area contributed by atoms with Crippen LogP contribution in [0.4, 0.5) is 5.69 Å². The molecular weight excluding hydrogens is 328 g/mol. The van der Waals surface area contributed by atoms with Gasteiger partial charge in [0.25, 0.3) is 0 Å². The van der Waals surface area contributed by atoms with Crippen LogP contribution in [0.2, 0.25) is 0 Å². The number of oxazole rings is 1. The van der Waals surface area contributed by atoms with E-state index >= 15 is 0 Å². The van der Waals surface area contributed by atoms with Crippen molar-refractivity contribution in [3.63, 3.8) is 0 Å². The van der Waals surface area contributed by atoms with Crippen LogP contribution in [0.3, 0.4) is 0 Å². The molecule has 5 nitrogen and oxygen atoms in total. The molecule has 3 rings (SSSR count). The third-order valence-corrected chi connectivity index (χ3v) is 4.06. The highest BCUT2D eigenvalue weighted by Crippen LogP contribution is 2.26. The summed E-state index contributed by atoms with van der Waals surface area (Å²) in [6, 6.07) is 15.3. The van der Waals surface area contributed by atoms with Gasteiger partial charge in [0.05, 0.1) is 19.0 Å². The van der Waals surface area contributed by atoms with Crippen molar-refractivity contribution in [1.29, 1.82) is 0 Å². The van der Waals surface area contributed by atoms with Crippen LogP contribution in [-0.2, 0) is 6.42 Å². The van der Waals surface area contributed by atoms with Gasteiger partial charge in [0, 0.05) is 5.56 Å². The maximum absolute atomic E-state index is 9.98. The molecule has 1 aromatic heterocycles. The van der Waals surface area contributed by atoms with Gasteiger partial charge >= 0.3 is 5.95 Å². The number of unbranched alkanes of at least 4 members (excludes halogenated alkanes) is 1. The molecule has 0 saturated heterocycles. The highest BCUT2D eigenvalue weighted by atomic mass is 16.5. The SMILES string of the molecule is CCCCc1ccc(-c2nc(C=Nc3ccc(OC)cc3)c(O)o2)cc1. The molecule has 5 heteroatoms. The molecule has 3 aromatic rings. The number of hydrogen-bond acceptors (Lipinski definition) is 5. The van der Waals surface area contributed by atoms with Crippen LogP contribution < -0.4 is 4.74 Å². The predicted octanol–water partition coefficient (Wildman–Crippen LogP) is 5.15. The van der Waals surface area contributed by atoms with Gasteiger partial charge in [-0.05, 0) is 54.8 Å². The minimum absolute atomic E-state index is 0.243. The molecule has 0 atom stereocenters. The van der Waals surface area contributed by atoms with Crippen LogP contribution in [0, 0.1) is 0 Å². The summed E-state index contributed by atoms with van der Waals surface area (Å²) < 4.78 is 10.5. The van der Waals surface area contributed by atoms with Crippen LogP contribution >= 0.6 is 0 Å². The van der Waals surface area contributed by atoms with Crippen molar-refractivity contribution in [1.82, 2.24) is 4.98 Å². The van der Waals surface area contributed by atoms with Gasteiger partial charge in [-0.25, -0.2) is 4.98 Å². The third-order valence-electron chi connectivity index (χ3n) is 4.06. The van der Waals surface area contributed by atoms with Crippen LogP contribution in [0.15, 0.2) is 57.9 Å². The van der Waals surface area contributed by atoms with E-state index in [-0.39, 0.29) is 5.95 Å². The number of aromatic hydroxyl groups is 1. The standard InChI is InChI=1S/C21H22N2O3/c1-3-4-5-15-6-8-16(9-7-15)20-23-19(21(24)26-20)14-22-17-10-12-18(25-2)13-11-17/h6-14,24H,3-5H2,1-2H3. The van der Waals surface area contributed by atoms with Crippen LogP contribution in [0.5, 0.6) is 11.7 Å². The number of benzene rings is 2. The van der Waals surface area contributed by atoms with E-state index in [0.29, 0.717) is 11.6 Å². The van der Waals surface area contributed by atoms with Crippen LogP contribution in [0.25, 0.3) is 11.5 Å². The zero-order valence-corrected chi connectivity index (χ0v) is 15.0. The fourth-order valence-corrected chi connectivity index (χ4v) is 2.53. The number of aryl methyl sites for hydroxylation is 1. The lowest BCUT2D eigenvalue weighted by molar-refractivity contribution is 0.337. The van der Waals surface area contributed by atoms with Crippen molar-refractivity contribution >= 4 is 11.9 Å². The first-order chi connectivity index (χ1) is 12.7. The Kier molecular flexibility index (Phi) is 5.69. The minimum Gasteiger partial charge on any atom is -0.497 e. The number of aromatic nitrogens is 1. The van der Waals surface area contributed by atoms with E-state index in [1.165, 1.54) is 24.6 Å². The zero-order valence-electron chi connectivity index (χ0n) is 15.0. The first-order valence-corrected chi connectivity index (χ1v) is 8.67. The number of nitrogens with zero attached hydrogens (tertiary/aromatic N) is 2. The number of methoxy groups -OCH3 is 1. The van der Waals surface area contributed by atoms with Crippen LogP contribution in [0.1, 0.15) is 31.0 Å². The van der Waals surface area contributed by atoms with Crippen molar-refractivity contribution in [2.24, 2.45) is 4.99 Å². The van der Waals surface area contributed by atoms with Gasteiger partial charge in [0.2, 0.25) is 5.89 Å². The Morgan fingerprint density at radius 3 is 2.50 bits per heavy atom. The molecule has 0 unspecified atom stereocenters. The van der Waals surface area contributed by atoms with Gasteiger partial charge in [-0.15, -0.1) is 0 Å². The molecule has 26 heavy (non-hydrogen) atoms. The van der Waals surface area contributed by atoms with E-state index in [9.17, 15) is 5.11 Å². The molecule has 2 aromatic carbocycles. The first-order valence-electron chi connectivity index (χ1n) is 8.67. The molecule has 1 N–H and O–H groups in total. The molecule has 0 bridgehead atoms. The maximum Gasteiger partial charge on any atom is 0.312 e. The van der Waals surface area contributed by atoms with E-state index in [1.807, 2.05) is 36.4 Å². The van der Waals surface area contributed by atoms with Crippen LogP contribution in [-0.4, -0.2) is 23.4 Å². The molecule has 0 aliphatic rings. The normalized spacial score (nSPS) is 11.2. The summed E-state index contributed by atoms with van der Waals surface area (Å²) in [6.07, 6.45) is 4.89. The highest BCUT2D eigenvalue weighted by Gasteiger charge is 2.12. The Balaban J connectivity index is 1.74. The quantitative estimate of drug-likeness (QED) is 0.598. The summed E-state index contributed by atoms with van der Waals surface area (Å²) in [5.41, 5.74) is 3.14. The van der Waals surface area contributed by atoms with E-state index in [2.05, 4.69) is 29.0 Å². The van der Waals surface area contributed by atoms with E-state index in [0.717, 1.165) is 23.4 Å². The Labute approximate surface area is 153 Å². The molecule has 0 radical (unpaired) electrons. The Morgan fingerprint density at radius 1 is 1.12 bits per heavy atom. The molecule has 0 spiro atoms. The van der Waals surface area contributed by atoms with E-state index in [4.69, 9.17) is 9.15 Å². The molecular formula is C21H22N2O3. The van der Waals surface area contributed by atoms with Crippen molar-refractivity contribution in [2.45, 2.75) is 26.2 Å². The number of hydrogen-bond donors (Lipinski definition) is 1. The fraction of sp³-hybridized carbons (Fsp3) is 0.238. The summed E-state index contributed by atoms with van der Waals surface area (Å²) in [4.78, 5) is 8.63. The molecule has 134 valence electrons. The summed E-state index contributed by atoms with van der Waals surface area (Å²) in [5, 5.41) is 9.98. The predicted molar refractivity (Wildman–Crippen MR) is 102 cm³/mol. The lowest BCUT2D eigenvalue weighted by Gasteiger charge is -2.00. The summed E-state index contributed by atoms with van der Waals surface area (Å²) in [5.74, 6) is 0.894. The van der Waals surface area contributed by atoms with Gasteiger partial charge in [-0.1, -0.05) is 25.5 Å². The molecule has 0 aliphatic heterocycles. The first kappa shape index (κ1) is 17.7. The lowest BCUT2D eigenvalue weighted by Crippen LogP contribution is -1.86. The Bertz CT molecular complexity index is 865. The van der Waals surface area contributed by atoms with E-state index in [1.54, 1.807) is 7.11 Å². The van der Waals surface area contributed by atoms with Gasteiger partial charge < -0.3 is 14.3 Å². The van der Waals surface area contributed by atoms with Crippen molar-refractivity contribution < 1.29 is 14.3 Å². The topological polar surface area (TPSA) is 67.9 Å². The Hall–Kier alpha value is -3.08. The lowest BCUT2D eigenvalue weighted by atomic mass is 10.1. The maximum atomic E-state index is 9.98. The number of ether oxygens (including phenoxy) is 1. The smallest absolute Gasteiger partial charge is 0.312 e. The van der Waals surface area contributed by atoms with Crippen molar-refractivity contribution in [3.8, 4) is 23.1 Å². The number of rotatable bonds is 7. The fourth-order valence-electron chi connectivity index (χ4n) is 2.53. The van der Waals surface area contributed by atoms with Gasteiger partial charge in [0.1, 0.15) is 5.75 Å². The molecule has 0 aliphatic carbocycles. The summed E-state index contributed by atoms with van der Waals surface area (Å²) in [6.45, 7) is 2.18. The monoisotopic (exact) mass is 350 g/mol. The second-order valence-corrected chi connectivity index (χ2v) is 5.97. The zero-order chi connectivity index (χ0) is 18.4. The van der Waals surface area contributed by atoms with E-state index < -0.39 is 0 Å². The third kappa shape index (κ3) is 4.30. The van der Waals surface area contributed by atoms with Gasteiger partial charge in [-0.3, -0.25) is 4.99 Å².